The summed E-state index contributed by atoms with van der Waals surface area (Å²) in [5.41, 5.74) is 5.24. The molecule has 0 saturated carbocycles. The fourth-order valence-electron chi connectivity index (χ4n) is 1.19. The quantitative estimate of drug-likeness (QED) is 0.465. The summed E-state index contributed by atoms with van der Waals surface area (Å²) in [7, 11) is 0. The average molecular weight is 156 g/mol. The lowest BCUT2D eigenvalue weighted by Crippen LogP contribution is -2.06. The SMILES string of the molecule is CCCCC(CCC)N=CN. The van der Waals surface area contributed by atoms with E-state index in [0.717, 1.165) is 0 Å². The summed E-state index contributed by atoms with van der Waals surface area (Å²) in [6.07, 6.45) is 7.52. The number of rotatable bonds is 6. The molecule has 0 aliphatic rings. The van der Waals surface area contributed by atoms with Gasteiger partial charge in [0, 0.05) is 0 Å². The molecule has 0 aromatic rings. The van der Waals surface area contributed by atoms with Gasteiger partial charge in [0.1, 0.15) is 0 Å². The van der Waals surface area contributed by atoms with Crippen LogP contribution in [-0.2, 0) is 0 Å². The molecule has 2 nitrogen and oxygen atoms in total. The van der Waals surface area contributed by atoms with Crippen molar-refractivity contribution in [2.75, 3.05) is 0 Å². The zero-order valence-electron chi connectivity index (χ0n) is 7.71. The predicted octanol–water partition coefficient (Wildman–Crippen LogP) is 2.33. The maximum absolute atomic E-state index is 5.24. The van der Waals surface area contributed by atoms with Crippen molar-refractivity contribution in [2.24, 2.45) is 10.7 Å². The minimum Gasteiger partial charge on any atom is -0.390 e. The van der Waals surface area contributed by atoms with Gasteiger partial charge in [-0.25, -0.2) is 0 Å². The Bertz CT molecular complexity index is 99.7. The highest BCUT2D eigenvalue weighted by Gasteiger charge is 2.02. The molecule has 0 aromatic carbocycles. The summed E-state index contributed by atoms with van der Waals surface area (Å²) in [5.74, 6) is 0. The van der Waals surface area contributed by atoms with Crippen LogP contribution in [0, 0.1) is 0 Å². The Kier molecular flexibility index (Phi) is 7.21. The van der Waals surface area contributed by atoms with Crippen LogP contribution in [0.4, 0.5) is 0 Å². The first-order chi connectivity index (χ1) is 5.35. The zero-order valence-corrected chi connectivity index (χ0v) is 7.71. The number of hydrogen-bond acceptors (Lipinski definition) is 1. The Morgan fingerprint density at radius 1 is 1.27 bits per heavy atom. The topological polar surface area (TPSA) is 38.4 Å². The van der Waals surface area contributed by atoms with Crippen LogP contribution in [0.1, 0.15) is 46.0 Å². The van der Waals surface area contributed by atoms with Gasteiger partial charge in [0.15, 0.2) is 0 Å². The molecule has 0 aromatic heterocycles. The van der Waals surface area contributed by atoms with Gasteiger partial charge in [0.2, 0.25) is 0 Å². The van der Waals surface area contributed by atoms with Crippen molar-refractivity contribution >= 4 is 6.34 Å². The van der Waals surface area contributed by atoms with E-state index in [1.807, 2.05) is 0 Å². The smallest absolute Gasteiger partial charge is 0.0801 e. The van der Waals surface area contributed by atoms with Crippen LogP contribution in [0.15, 0.2) is 4.99 Å². The molecule has 0 rings (SSSR count). The second-order valence-electron chi connectivity index (χ2n) is 2.88. The highest BCUT2D eigenvalue weighted by atomic mass is 14.8. The van der Waals surface area contributed by atoms with Crippen LogP contribution in [0.5, 0.6) is 0 Å². The van der Waals surface area contributed by atoms with Gasteiger partial charge in [-0.05, 0) is 12.8 Å². The maximum Gasteiger partial charge on any atom is 0.0801 e. The van der Waals surface area contributed by atoms with Crippen LogP contribution in [0.3, 0.4) is 0 Å². The average Bonchev–Trinajstić information content (AvgIpc) is 2.01. The summed E-state index contributed by atoms with van der Waals surface area (Å²) < 4.78 is 0. The lowest BCUT2D eigenvalue weighted by Gasteiger charge is -2.08. The Labute approximate surface area is 69.9 Å². The Morgan fingerprint density at radius 3 is 2.45 bits per heavy atom. The Morgan fingerprint density at radius 2 is 2.00 bits per heavy atom. The molecule has 1 unspecified atom stereocenters. The fraction of sp³-hybridized carbons (Fsp3) is 0.889. The van der Waals surface area contributed by atoms with Gasteiger partial charge in [-0.15, -0.1) is 0 Å². The third-order valence-corrected chi connectivity index (χ3v) is 1.81. The molecule has 2 heteroatoms. The number of hydrogen-bond donors (Lipinski definition) is 1. The molecular formula is C9H20N2. The highest BCUT2D eigenvalue weighted by molar-refractivity contribution is 5.51. The summed E-state index contributed by atoms with van der Waals surface area (Å²) in [6.45, 7) is 4.39. The summed E-state index contributed by atoms with van der Waals surface area (Å²) in [4.78, 5) is 4.20. The van der Waals surface area contributed by atoms with Crippen LogP contribution in [0.25, 0.3) is 0 Å². The normalized spacial score (nSPS) is 14.0. The van der Waals surface area contributed by atoms with Crippen molar-refractivity contribution in [3.05, 3.63) is 0 Å². The van der Waals surface area contributed by atoms with Crippen LogP contribution in [0.2, 0.25) is 0 Å². The molecule has 0 radical (unpaired) electrons. The van der Waals surface area contributed by atoms with Gasteiger partial charge in [-0.1, -0.05) is 33.1 Å². The Balaban J connectivity index is 3.51. The van der Waals surface area contributed by atoms with E-state index in [9.17, 15) is 0 Å². The highest BCUT2D eigenvalue weighted by Crippen LogP contribution is 2.09. The van der Waals surface area contributed by atoms with E-state index in [4.69, 9.17) is 5.73 Å². The third kappa shape index (κ3) is 5.89. The number of nitrogens with zero attached hydrogens (tertiary/aromatic N) is 1. The van der Waals surface area contributed by atoms with Gasteiger partial charge >= 0.3 is 0 Å². The zero-order chi connectivity index (χ0) is 8.53. The first-order valence-electron chi connectivity index (χ1n) is 4.58. The van der Waals surface area contributed by atoms with E-state index in [1.54, 1.807) is 0 Å². The molecule has 11 heavy (non-hydrogen) atoms. The van der Waals surface area contributed by atoms with E-state index in [-0.39, 0.29) is 0 Å². The molecule has 0 bridgehead atoms. The third-order valence-electron chi connectivity index (χ3n) is 1.81. The van der Waals surface area contributed by atoms with Crippen molar-refractivity contribution in [3.8, 4) is 0 Å². The number of aliphatic imine (C=N–C) groups is 1. The molecule has 66 valence electrons. The Hall–Kier alpha value is -0.530. The van der Waals surface area contributed by atoms with E-state index in [1.165, 1.54) is 38.4 Å². The lowest BCUT2D eigenvalue weighted by molar-refractivity contribution is 0.538. The van der Waals surface area contributed by atoms with Gasteiger partial charge in [-0.3, -0.25) is 4.99 Å². The van der Waals surface area contributed by atoms with Crippen molar-refractivity contribution in [2.45, 2.75) is 52.0 Å². The molecule has 0 aliphatic carbocycles. The van der Waals surface area contributed by atoms with E-state index in [2.05, 4.69) is 18.8 Å². The molecule has 0 amide bonds. The van der Waals surface area contributed by atoms with Gasteiger partial charge in [0.05, 0.1) is 12.4 Å². The fourth-order valence-corrected chi connectivity index (χ4v) is 1.19. The van der Waals surface area contributed by atoms with Crippen LogP contribution >= 0.6 is 0 Å². The second-order valence-corrected chi connectivity index (χ2v) is 2.88. The van der Waals surface area contributed by atoms with E-state index >= 15 is 0 Å². The van der Waals surface area contributed by atoms with E-state index in [0.29, 0.717) is 6.04 Å². The summed E-state index contributed by atoms with van der Waals surface area (Å²) >= 11 is 0. The van der Waals surface area contributed by atoms with Crippen molar-refractivity contribution in [1.29, 1.82) is 0 Å². The molecule has 0 spiro atoms. The standard InChI is InChI=1S/C9H20N2/c1-3-5-7-9(6-4-2)11-8-10/h8-9H,3-7H2,1-2H3,(H2,10,11). The van der Waals surface area contributed by atoms with Gasteiger partial charge in [-0.2, -0.15) is 0 Å². The molecule has 1 atom stereocenters. The molecule has 2 N–H and O–H groups in total. The van der Waals surface area contributed by atoms with E-state index < -0.39 is 0 Å². The molecule has 0 heterocycles. The number of nitrogens with two attached hydrogens (primary N) is 1. The lowest BCUT2D eigenvalue weighted by atomic mass is 10.1. The largest absolute Gasteiger partial charge is 0.390 e. The minimum absolute atomic E-state index is 0.477. The van der Waals surface area contributed by atoms with Crippen LogP contribution in [-0.4, -0.2) is 12.4 Å². The first kappa shape index (κ1) is 10.5. The monoisotopic (exact) mass is 156 g/mol. The summed E-state index contributed by atoms with van der Waals surface area (Å²) in [5, 5.41) is 0. The van der Waals surface area contributed by atoms with Gasteiger partial charge < -0.3 is 5.73 Å². The summed E-state index contributed by atoms with van der Waals surface area (Å²) in [6, 6.07) is 0.477. The molecule has 0 fully saturated rings. The second kappa shape index (κ2) is 7.58. The number of unbranched alkanes of at least 4 members (excludes halogenated alkanes) is 1. The van der Waals surface area contributed by atoms with Crippen LogP contribution < -0.4 is 5.73 Å². The minimum atomic E-state index is 0.477. The van der Waals surface area contributed by atoms with Crippen molar-refractivity contribution in [3.63, 3.8) is 0 Å². The van der Waals surface area contributed by atoms with Crippen molar-refractivity contribution < 1.29 is 0 Å². The predicted molar refractivity (Wildman–Crippen MR) is 50.9 cm³/mol. The van der Waals surface area contributed by atoms with Crippen molar-refractivity contribution in [1.82, 2.24) is 0 Å². The van der Waals surface area contributed by atoms with Gasteiger partial charge in [0.25, 0.3) is 0 Å². The molecule has 0 saturated heterocycles. The molecular weight excluding hydrogens is 136 g/mol. The molecule has 0 aliphatic heterocycles. The maximum atomic E-state index is 5.24. The first-order valence-corrected chi connectivity index (χ1v) is 4.58.